The molecule has 3 heterocycles. The van der Waals surface area contributed by atoms with Gasteiger partial charge in [0.15, 0.2) is 0 Å². The van der Waals surface area contributed by atoms with Crippen LogP contribution >= 0.6 is 0 Å². The molecule has 224 valence electrons. The van der Waals surface area contributed by atoms with Gasteiger partial charge in [-0.2, -0.15) is 0 Å². The number of nitrogens with zero attached hydrogens (tertiary/aromatic N) is 2. The summed E-state index contributed by atoms with van der Waals surface area (Å²) in [6, 6.07) is 6.98. The van der Waals surface area contributed by atoms with E-state index >= 15 is 8.78 Å². The molecule has 1 aliphatic heterocycles. The standard InChI is InChI=1S/C32H38F2N4O4/c1-4-19-12-20(13-26(35)18(19)2)23-9-10-36-16-28(23)38-32(39)27-8-7-24(33)31(37-27)30-25(34)14-22(15-29(30)40-3)42-21-6-5-11-41-17-21/h7-10,14-16,18-21,26H,4-6,11-13,17,35H2,1-3H3,(H,38,39)/t18-,19-,20+,21-,26+/m0/s1. The fraction of sp³-hybridized carbons (Fsp3) is 0.469. The minimum atomic E-state index is -0.795. The minimum absolute atomic E-state index is 0.0357. The van der Waals surface area contributed by atoms with Crippen molar-refractivity contribution in [2.45, 2.75) is 64.0 Å². The van der Waals surface area contributed by atoms with Crippen molar-refractivity contribution < 1.29 is 27.8 Å². The molecule has 3 aromatic rings. The highest BCUT2D eigenvalue weighted by molar-refractivity contribution is 6.03. The van der Waals surface area contributed by atoms with Crippen LogP contribution in [0.5, 0.6) is 11.5 Å². The van der Waals surface area contributed by atoms with E-state index in [1.807, 2.05) is 6.07 Å². The molecular formula is C32H38F2N4O4. The molecule has 0 bridgehead atoms. The van der Waals surface area contributed by atoms with Gasteiger partial charge in [-0.15, -0.1) is 0 Å². The highest BCUT2D eigenvalue weighted by Crippen LogP contribution is 2.42. The number of benzene rings is 1. The van der Waals surface area contributed by atoms with E-state index in [-0.39, 0.29) is 46.5 Å². The average Bonchev–Trinajstić information content (AvgIpc) is 2.99. The predicted molar refractivity (Wildman–Crippen MR) is 156 cm³/mol. The van der Waals surface area contributed by atoms with Gasteiger partial charge in [-0.1, -0.05) is 20.3 Å². The van der Waals surface area contributed by atoms with E-state index < -0.39 is 17.5 Å². The fourth-order valence-electron chi connectivity index (χ4n) is 6.17. The molecule has 2 aromatic heterocycles. The van der Waals surface area contributed by atoms with Crippen molar-refractivity contribution in [3.63, 3.8) is 0 Å². The molecule has 5 rings (SSSR count). The predicted octanol–water partition coefficient (Wildman–Crippen LogP) is 6.11. The van der Waals surface area contributed by atoms with Crippen LogP contribution < -0.4 is 20.5 Å². The van der Waals surface area contributed by atoms with Crippen molar-refractivity contribution in [2.24, 2.45) is 17.6 Å². The number of hydrogen-bond acceptors (Lipinski definition) is 7. The van der Waals surface area contributed by atoms with E-state index in [4.69, 9.17) is 19.9 Å². The Morgan fingerprint density at radius 2 is 2.02 bits per heavy atom. The maximum absolute atomic E-state index is 15.5. The summed E-state index contributed by atoms with van der Waals surface area (Å²) in [7, 11) is 1.35. The van der Waals surface area contributed by atoms with E-state index in [2.05, 4.69) is 29.1 Å². The lowest BCUT2D eigenvalue weighted by molar-refractivity contribution is 0.00724. The normalized spacial score (nSPS) is 24.2. The lowest BCUT2D eigenvalue weighted by Crippen LogP contribution is -2.39. The van der Waals surface area contributed by atoms with Crippen molar-refractivity contribution in [2.75, 3.05) is 25.6 Å². The number of amides is 1. The summed E-state index contributed by atoms with van der Waals surface area (Å²) in [4.78, 5) is 21.8. The summed E-state index contributed by atoms with van der Waals surface area (Å²) in [6.45, 7) is 5.45. The van der Waals surface area contributed by atoms with Crippen LogP contribution in [0, 0.1) is 23.5 Å². The van der Waals surface area contributed by atoms with E-state index in [0.717, 1.165) is 43.7 Å². The quantitative estimate of drug-likeness (QED) is 0.331. The Kier molecular flexibility index (Phi) is 9.33. The number of halogens is 2. The van der Waals surface area contributed by atoms with Crippen molar-refractivity contribution in [3.05, 3.63) is 65.6 Å². The van der Waals surface area contributed by atoms with Crippen LogP contribution in [0.15, 0.2) is 42.7 Å². The molecule has 8 nitrogen and oxygen atoms in total. The first-order chi connectivity index (χ1) is 20.3. The number of anilines is 1. The lowest BCUT2D eigenvalue weighted by Gasteiger charge is -2.39. The van der Waals surface area contributed by atoms with Crippen molar-refractivity contribution in [1.29, 1.82) is 0 Å². The summed E-state index contributed by atoms with van der Waals surface area (Å²) < 4.78 is 47.2. The number of nitrogens with one attached hydrogen (secondary N) is 1. The molecule has 3 N–H and O–H groups in total. The molecule has 2 aliphatic rings. The van der Waals surface area contributed by atoms with Gasteiger partial charge in [-0.25, -0.2) is 13.8 Å². The van der Waals surface area contributed by atoms with Crippen LogP contribution in [0.25, 0.3) is 11.3 Å². The molecule has 0 spiro atoms. The summed E-state index contributed by atoms with van der Waals surface area (Å²) in [6.07, 6.45) is 7.51. The molecule has 10 heteroatoms. The Bertz CT molecular complexity index is 1420. The smallest absolute Gasteiger partial charge is 0.274 e. The monoisotopic (exact) mass is 580 g/mol. The number of pyridine rings is 2. The van der Waals surface area contributed by atoms with Gasteiger partial charge < -0.3 is 25.3 Å². The molecule has 1 amide bonds. The number of aromatic nitrogens is 2. The maximum Gasteiger partial charge on any atom is 0.274 e. The van der Waals surface area contributed by atoms with E-state index in [1.165, 1.54) is 25.3 Å². The van der Waals surface area contributed by atoms with E-state index in [0.29, 0.717) is 30.7 Å². The number of carbonyl (C=O) groups excluding carboxylic acids is 1. The minimum Gasteiger partial charge on any atom is -0.496 e. The summed E-state index contributed by atoms with van der Waals surface area (Å²) in [5.74, 6) is -0.804. The third-order valence-electron chi connectivity index (χ3n) is 8.61. The second-order valence-corrected chi connectivity index (χ2v) is 11.2. The maximum atomic E-state index is 15.5. The van der Waals surface area contributed by atoms with E-state index in [1.54, 1.807) is 12.4 Å². The van der Waals surface area contributed by atoms with Gasteiger partial charge in [0, 0.05) is 31.0 Å². The zero-order valence-corrected chi connectivity index (χ0v) is 24.2. The Morgan fingerprint density at radius 3 is 2.76 bits per heavy atom. The van der Waals surface area contributed by atoms with Crippen LogP contribution in [-0.2, 0) is 4.74 Å². The number of methoxy groups -OCH3 is 1. The molecule has 2 fully saturated rings. The third kappa shape index (κ3) is 6.39. The first-order valence-electron chi connectivity index (χ1n) is 14.6. The number of carbonyl (C=O) groups is 1. The molecule has 0 radical (unpaired) electrons. The van der Waals surface area contributed by atoms with Crippen LogP contribution in [0.2, 0.25) is 0 Å². The first kappa shape index (κ1) is 29.8. The molecule has 5 atom stereocenters. The molecule has 1 saturated heterocycles. The molecule has 0 unspecified atom stereocenters. The number of ether oxygens (including phenoxy) is 3. The third-order valence-corrected chi connectivity index (χ3v) is 8.61. The van der Waals surface area contributed by atoms with Crippen LogP contribution in [0.1, 0.15) is 67.9 Å². The highest BCUT2D eigenvalue weighted by Gasteiger charge is 2.34. The van der Waals surface area contributed by atoms with E-state index in [9.17, 15) is 4.79 Å². The average molecular weight is 581 g/mol. The van der Waals surface area contributed by atoms with Crippen molar-refractivity contribution in [1.82, 2.24) is 9.97 Å². The SMILES string of the molecule is CC[C@H]1C[C@@H](c2ccncc2NC(=O)c2ccc(F)c(-c3c(F)cc(O[C@H]4CCCOC4)cc3OC)n2)C[C@@H](N)[C@H]1C. The largest absolute Gasteiger partial charge is 0.496 e. The zero-order valence-electron chi connectivity index (χ0n) is 24.2. The Hall–Kier alpha value is -3.63. The highest BCUT2D eigenvalue weighted by atomic mass is 19.1. The summed E-state index contributed by atoms with van der Waals surface area (Å²) >= 11 is 0. The number of nitrogens with two attached hydrogens (primary N) is 1. The van der Waals surface area contributed by atoms with Gasteiger partial charge in [-0.3, -0.25) is 9.78 Å². The van der Waals surface area contributed by atoms with Crippen LogP contribution in [0.3, 0.4) is 0 Å². The lowest BCUT2D eigenvalue weighted by atomic mass is 9.69. The first-order valence-corrected chi connectivity index (χ1v) is 14.6. The fourth-order valence-corrected chi connectivity index (χ4v) is 6.17. The number of rotatable bonds is 8. The summed E-state index contributed by atoms with van der Waals surface area (Å²) in [5, 5.41) is 2.89. The Labute approximate surface area is 245 Å². The molecule has 1 aromatic carbocycles. The van der Waals surface area contributed by atoms with Crippen molar-refractivity contribution >= 4 is 11.6 Å². The van der Waals surface area contributed by atoms with Gasteiger partial charge in [0.05, 0.1) is 31.2 Å². The van der Waals surface area contributed by atoms with Gasteiger partial charge >= 0.3 is 0 Å². The van der Waals surface area contributed by atoms with Gasteiger partial charge in [0.1, 0.15) is 40.6 Å². The van der Waals surface area contributed by atoms with Gasteiger partial charge in [-0.05, 0) is 67.2 Å². The van der Waals surface area contributed by atoms with Gasteiger partial charge in [0.25, 0.3) is 5.91 Å². The Morgan fingerprint density at radius 1 is 1.19 bits per heavy atom. The number of hydrogen-bond donors (Lipinski definition) is 2. The topological polar surface area (TPSA) is 109 Å². The summed E-state index contributed by atoms with van der Waals surface area (Å²) in [5.41, 5.74) is 7.37. The molecule has 1 saturated carbocycles. The second-order valence-electron chi connectivity index (χ2n) is 11.2. The van der Waals surface area contributed by atoms with Gasteiger partial charge in [0.2, 0.25) is 0 Å². The van der Waals surface area contributed by atoms with Crippen LogP contribution in [-0.4, -0.2) is 48.3 Å². The molecular weight excluding hydrogens is 542 g/mol. The Balaban J connectivity index is 1.40. The molecule has 1 aliphatic carbocycles. The van der Waals surface area contributed by atoms with Crippen LogP contribution in [0.4, 0.5) is 14.5 Å². The molecule has 42 heavy (non-hydrogen) atoms. The second kappa shape index (κ2) is 13.1. The van der Waals surface area contributed by atoms with Crippen molar-refractivity contribution in [3.8, 4) is 22.8 Å². The zero-order chi connectivity index (χ0) is 29.8.